The molecule has 0 saturated carbocycles. The second-order valence-corrected chi connectivity index (χ2v) is 6.01. The minimum Gasteiger partial charge on any atom is -0.310 e. The van der Waals surface area contributed by atoms with E-state index in [1.54, 1.807) is 6.92 Å². The number of carbonyl (C=O) groups excluding carboxylic acids is 1. The van der Waals surface area contributed by atoms with Crippen molar-refractivity contribution in [3.63, 3.8) is 0 Å². The number of aryl methyl sites for hydroxylation is 1. The molecule has 1 N–H and O–H groups in total. The number of hydrogen-bond acceptors (Lipinski definition) is 5. The summed E-state index contributed by atoms with van der Waals surface area (Å²) in [5, 5.41) is 12.8. The van der Waals surface area contributed by atoms with Gasteiger partial charge in [0.1, 0.15) is 21.6 Å². The molecular weight excluding hydrogens is 308 g/mol. The van der Waals surface area contributed by atoms with E-state index in [2.05, 4.69) is 21.4 Å². The van der Waals surface area contributed by atoms with Crippen LogP contribution in [0, 0.1) is 18.3 Å². The van der Waals surface area contributed by atoms with Crippen LogP contribution in [0.25, 0.3) is 21.6 Å². The highest BCUT2D eigenvalue weighted by Crippen LogP contribution is 2.35. The zero-order chi connectivity index (χ0) is 16.4. The summed E-state index contributed by atoms with van der Waals surface area (Å²) in [6.07, 6.45) is 0.362. The van der Waals surface area contributed by atoms with E-state index in [0.29, 0.717) is 27.8 Å². The van der Waals surface area contributed by atoms with Gasteiger partial charge in [-0.3, -0.25) is 4.79 Å². The summed E-state index contributed by atoms with van der Waals surface area (Å²) in [4.78, 5) is 22.2. The summed E-state index contributed by atoms with van der Waals surface area (Å²) in [5.41, 5.74) is 1.67. The van der Waals surface area contributed by atoms with E-state index in [1.165, 1.54) is 11.3 Å². The lowest BCUT2D eigenvalue weighted by molar-refractivity contribution is -0.115. The number of anilines is 1. The molecular formula is C17H14N4OS. The molecule has 0 radical (unpaired) electrons. The molecule has 5 nitrogen and oxygen atoms in total. The third-order valence-corrected chi connectivity index (χ3v) is 4.59. The van der Waals surface area contributed by atoms with Gasteiger partial charge in [-0.05, 0) is 12.5 Å². The van der Waals surface area contributed by atoms with Crippen LogP contribution in [-0.2, 0) is 4.79 Å². The maximum absolute atomic E-state index is 11.8. The van der Waals surface area contributed by atoms with Gasteiger partial charge in [0.25, 0.3) is 0 Å². The molecule has 0 fully saturated rings. The van der Waals surface area contributed by atoms with Crippen LogP contribution in [0.15, 0.2) is 30.3 Å². The van der Waals surface area contributed by atoms with Crippen molar-refractivity contribution in [1.29, 1.82) is 5.26 Å². The minimum absolute atomic E-state index is 0.117. The number of amides is 1. The molecule has 0 unspecified atom stereocenters. The highest BCUT2D eigenvalue weighted by atomic mass is 32.1. The molecule has 0 saturated heterocycles. The largest absolute Gasteiger partial charge is 0.310 e. The Morgan fingerprint density at radius 1 is 1.30 bits per heavy atom. The van der Waals surface area contributed by atoms with Gasteiger partial charge < -0.3 is 5.32 Å². The van der Waals surface area contributed by atoms with E-state index in [4.69, 9.17) is 0 Å². The minimum atomic E-state index is -0.117. The molecule has 0 aliphatic carbocycles. The number of thiophene rings is 1. The summed E-state index contributed by atoms with van der Waals surface area (Å²) in [5.74, 6) is 0.888. The predicted octanol–water partition coefficient (Wildman–Crippen LogP) is 3.89. The van der Waals surface area contributed by atoms with Crippen LogP contribution < -0.4 is 5.32 Å². The smallest absolute Gasteiger partial charge is 0.225 e. The van der Waals surface area contributed by atoms with Crippen LogP contribution >= 0.6 is 11.3 Å². The molecule has 2 heterocycles. The Bertz CT molecular complexity index is 925. The normalized spacial score (nSPS) is 10.5. The van der Waals surface area contributed by atoms with Gasteiger partial charge in [-0.25, -0.2) is 9.97 Å². The maximum atomic E-state index is 11.8. The van der Waals surface area contributed by atoms with Gasteiger partial charge in [0.15, 0.2) is 5.82 Å². The number of rotatable bonds is 3. The Morgan fingerprint density at radius 2 is 2.04 bits per heavy atom. The summed E-state index contributed by atoms with van der Waals surface area (Å²) in [6.45, 7) is 3.64. The number of nitriles is 1. The van der Waals surface area contributed by atoms with Crippen LogP contribution in [0.3, 0.4) is 0 Å². The average molecular weight is 322 g/mol. The van der Waals surface area contributed by atoms with Crippen molar-refractivity contribution in [2.75, 3.05) is 5.32 Å². The van der Waals surface area contributed by atoms with Gasteiger partial charge in [-0.1, -0.05) is 37.3 Å². The Kier molecular flexibility index (Phi) is 4.04. The van der Waals surface area contributed by atoms with Gasteiger partial charge in [0.05, 0.1) is 5.39 Å². The Morgan fingerprint density at radius 3 is 2.70 bits per heavy atom. The van der Waals surface area contributed by atoms with Crippen molar-refractivity contribution in [2.45, 2.75) is 20.3 Å². The summed E-state index contributed by atoms with van der Waals surface area (Å²) < 4.78 is 0. The van der Waals surface area contributed by atoms with Crippen molar-refractivity contribution in [3.8, 4) is 17.5 Å². The molecule has 0 atom stereocenters. The quantitative estimate of drug-likeness (QED) is 0.793. The molecule has 1 aromatic carbocycles. The summed E-state index contributed by atoms with van der Waals surface area (Å²) in [7, 11) is 0. The lowest BCUT2D eigenvalue weighted by Crippen LogP contribution is -2.12. The summed E-state index contributed by atoms with van der Waals surface area (Å²) >= 11 is 1.32. The highest BCUT2D eigenvalue weighted by Gasteiger charge is 2.18. The lowest BCUT2D eigenvalue weighted by atomic mass is 10.2. The van der Waals surface area contributed by atoms with Gasteiger partial charge in [0, 0.05) is 12.0 Å². The average Bonchev–Trinajstić information content (AvgIpc) is 2.91. The van der Waals surface area contributed by atoms with Crippen LogP contribution in [0.2, 0.25) is 0 Å². The van der Waals surface area contributed by atoms with Crippen LogP contribution in [0.5, 0.6) is 0 Å². The number of benzene rings is 1. The topological polar surface area (TPSA) is 78.7 Å². The van der Waals surface area contributed by atoms with Gasteiger partial charge in [0.2, 0.25) is 5.91 Å². The zero-order valence-corrected chi connectivity index (χ0v) is 13.6. The highest BCUT2D eigenvalue weighted by molar-refractivity contribution is 7.19. The molecule has 0 bridgehead atoms. The van der Waals surface area contributed by atoms with E-state index < -0.39 is 0 Å². The van der Waals surface area contributed by atoms with Crippen molar-refractivity contribution in [2.24, 2.45) is 0 Å². The van der Waals surface area contributed by atoms with Gasteiger partial charge >= 0.3 is 0 Å². The van der Waals surface area contributed by atoms with E-state index >= 15 is 0 Å². The van der Waals surface area contributed by atoms with Crippen molar-refractivity contribution < 1.29 is 4.79 Å². The standard InChI is InChI=1S/C17H14N4OS/c1-3-13(22)19-16-14-10(2)12(9-18)23-17(14)21-15(20-16)11-7-5-4-6-8-11/h4-8H,3H2,1-2H3,(H,19,20,21,22). The Hall–Kier alpha value is -2.78. The molecule has 0 spiro atoms. The molecule has 3 aromatic rings. The number of carbonyl (C=O) groups is 1. The number of nitrogens with zero attached hydrogens (tertiary/aromatic N) is 3. The third kappa shape index (κ3) is 2.79. The number of fused-ring (bicyclic) bond motifs is 1. The fourth-order valence-corrected chi connectivity index (χ4v) is 3.25. The molecule has 1 amide bonds. The molecule has 3 rings (SSSR count). The monoisotopic (exact) mass is 322 g/mol. The number of aromatic nitrogens is 2. The zero-order valence-electron chi connectivity index (χ0n) is 12.8. The maximum Gasteiger partial charge on any atom is 0.225 e. The first-order valence-electron chi connectivity index (χ1n) is 7.20. The van der Waals surface area contributed by atoms with Crippen LogP contribution in [0.1, 0.15) is 23.8 Å². The first-order chi connectivity index (χ1) is 11.1. The van der Waals surface area contributed by atoms with Crippen LogP contribution in [-0.4, -0.2) is 15.9 Å². The second kappa shape index (κ2) is 6.15. The molecule has 6 heteroatoms. The predicted molar refractivity (Wildman–Crippen MR) is 91.2 cm³/mol. The Labute approximate surface area is 137 Å². The van der Waals surface area contributed by atoms with E-state index in [-0.39, 0.29) is 5.91 Å². The fourth-order valence-electron chi connectivity index (χ4n) is 2.27. The molecule has 2 aromatic heterocycles. The fraction of sp³-hybridized carbons (Fsp3) is 0.176. The SMILES string of the molecule is CCC(=O)Nc1nc(-c2ccccc2)nc2sc(C#N)c(C)c12. The lowest BCUT2D eigenvalue weighted by Gasteiger charge is -2.08. The second-order valence-electron chi connectivity index (χ2n) is 5.01. The first kappa shape index (κ1) is 15.1. The first-order valence-corrected chi connectivity index (χ1v) is 8.02. The molecule has 114 valence electrons. The third-order valence-electron chi connectivity index (χ3n) is 3.50. The van der Waals surface area contributed by atoms with Crippen molar-refractivity contribution in [1.82, 2.24) is 9.97 Å². The van der Waals surface area contributed by atoms with Crippen LogP contribution in [0.4, 0.5) is 5.82 Å². The van der Waals surface area contributed by atoms with E-state index in [1.807, 2.05) is 37.3 Å². The van der Waals surface area contributed by atoms with Gasteiger partial charge in [-0.15, -0.1) is 11.3 Å². The molecule has 23 heavy (non-hydrogen) atoms. The summed E-state index contributed by atoms with van der Waals surface area (Å²) in [6, 6.07) is 11.7. The number of nitrogens with one attached hydrogen (secondary N) is 1. The van der Waals surface area contributed by atoms with E-state index in [0.717, 1.165) is 16.5 Å². The van der Waals surface area contributed by atoms with Gasteiger partial charge in [-0.2, -0.15) is 5.26 Å². The van der Waals surface area contributed by atoms with Crippen molar-refractivity contribution >= 4 is 33.3 Å². The molecule has 0 aliphatic heterocycles. The van der Waals surface area contributed by atoms with E-state index in [9.17, 15) is 10.1 Å². The number of hydrogen-bond donors (Lipinski definition) is 1. The molecule has 0 aliphatic rings. The Balaban J connectivity index is 2.26. The van der Waals surface area contributed by atoms with Crippen molar-refractivity contribution in [3.05, 3.63) is 40.8 Å².